The van der Waals surface area contributed by atoms with Crippen LogP contribution in [0.3, 0.4) is 0 Å². The van der Waals surface area contributed by atoms with Crippen LogP contribution in [0.1, 0.15) is 12.5 Å². The van der Waals surface area contributed by atoms with Crippen molar-refractivity contribution in [2.75, 3.05) is 48.3 Å². The summed E-state index contributed by atoms with van der Waals surface area (Å²) in [5.41, 5.74) is 0.270. The third kappa shape index (κ3) is 5.61. The van der Waals surface area contributed by atoms with Crippen molar-refractivity contribution in [3.8, 4) is 5.75 Å². The lowest BCUT2D eigenvalue weighted by atomic mass is 10.1. The number of carbonyl (C=O) groups is 2. The number of aryl methyl sites for hydroxylation is 1. The molecule has 1 aromatic heterocycles. The second-order valence-corrected chi connectivity index (χ2v) is 12.3. The maximum Gasteiger partial charge on any atom is 0.414 e. The molecule has 0 saturated carbocycles. The average molecular weight is 561 g/mol. The summed E-state index contributed by atoms with van der Waals surface area (Å²) in [5.74, 6) is -1.76. The quantitative estimate of drug-likeness (QED) is 0.354. The minimum atomic E-state index is -3.19. The van der Waals surface area contributed by atoms with E-state index < -0.39 is 36.8 Å². The molecule has 5 rings (SSSR count). The highest BCUT2D eigenvalue weighted by molar-refractivity contribution is 7.59. The Morgan fingerprint density at radius 1 is 1.13 bits per heavy atom. The van der Waals surface area contributed by atoms with Gasteiger partial charge in [0.25, 0.3) is 7.37 Å². The lowest BCUT2D eigenvalue weighted by molar-refractivity contribution is -0.119. The van der Waals surface area contributed by atoms with Gasteiger partial charge in [0, 0.05) is 49.7 Å². The number of nitrogens with zero attached hydrogens (tertiary/aromatic N) is 2. The third-order valence-electron chi connectivity index (χ3n) is 6.70. The first-order valence-corrected chi connectivity index (χ1v) is 14.3. The number of carbonyl (C=O) groups excluding carboxylic acids is 2. The normalized spacial score (nSPS) is 18.8. The third-order valence-corrected chi connectivity index (χ3v) is 9.00. The molecule has 13 heteroatoms. The van der Waals surface area contributed by atoms with Crippen molar-refractivity contribution < 1.29 is 36.6 Å². The van der Waals surface area contributed by atoms with E-state index in [1.54, 1.807) is 19.1 Å². The summed E-state index contributed by atoms with van der Waals surface area (Å²) in [6, 6.07) is 8.36. The topological polar surface area (TPSA) is 118 Å². The van der Waals surface area contributed by atoms with Gasteiger partial charge in [-0.05, 0) is 24.6 Å². The fraction of sp³-hybridized carbons (Fsp3) is 0.346. The SMILES string of the molecule is CC(=O)NC[C@H]1CN(c2cc(F)c(N3CCP(=O)(Oc4ccc5c(C)cc(=O)oc5c4)CC3)c(F)c2)C(=O)O1. The largest absolute Gasteiger partial charge is 0.443 e. The van der Waals surface area contributed by atoms with Gasteiger partial charge in [-0.25, -0.2) is 18.4 Å². The van der Waals surface area contributed by atoms with Crippen LogP contribution in [0, 0.1) is 18.6 Å². The summed E-state index contributed by atoms with van der Waals surface area (Å²) in [4.78, 5) is 37.6. The van der Waals surface area contributed by atoms with E-state index in [0.29, 0.717) is 5.58 Å². The predicted octanol–water partition coefficient (Wildman–Crippen LogP) is 4.02. The molecular formula is C26H26F2N3O7P. The molecule has 3 aromatic rings. The number of nitrogens with one attached hydrogen (secondary N) is 1. The van der Waals surface area contributed by atoms with Gasteiger partial charge in [-0.3, -0.25) is 14.3 Å². The lowest BCUT2D eigenvalue weighted by Crippen LogP contribution is -2.37. The van der Waals surface area contributed by atoms with E-state index in [4.69, 9.17) is 13.7 Å². The molecule has 1 atom stereocenters. The number of fused-ring (bicyclic) bond motifs is 1. The molecule has 206 valence electrons. The van der Waals surface area contributed by atoms with Crippen molar-refractivity contribution in [1.82, 2.24) is 5.32 Å². The summed E-state index contributed by atoms with van der Waals surface area (Å²) in [6.45, 7) is 3.38. The number of ether oxygens (including phenoxy) is 1. The predicted molar refractivity (Wildman–Crippen MR) is 140 cm³/mol. The van der Waals surface area contributed by atoms with E-state index in [0.717, 1.165) is 28.0 Å². The van der Waals surface area contributed by atoms with Crippen molar-refractivity contribution in [3.05, 3.63) is 64.0 Å². The molecule has 39 heavy (non-hydrogen) atoms. The smallest absolute Gasteiger partial charge is 0.414 e. The first kappa shape index (κ1) is 26.7. The van der Waals surface area contributed by atoms with Crippen LogP contribution in [0.25, 0.3) is 11.0 Å². The second-order valence-electron chi connectivity index (χ2n) is 9.56. The summed E-state index contributed by atoms with van der Waals surface area (Å²) in [5, 5.41) is 3.27. The van der Waals surface area contributed by atoms with Gasteiger partial charge >= 0.3 is 11.7 Å². The van der Waals surface area contributed by atoms with Gasteiger partial charge in [-0.2, -0.15) is 0 Å². The van der Waals surface area contributed by atoms with Crippen LogP contribution in [-0.2, 0) is 14.1 Å². The molecule has 0 unspecified atom stereocenters. The number of halogens is 2. The van der Waals surface area contributed by atoms with E-state index >= 15 is 8.78 Å². The average Bonchev–Trinajstić information content (AvgIpc) is 3.23. The van der Waals surface area contributed by atoms with E-state index in [1.807, 2.05) is 0 Å². The fourth-order valence-corrected chi connectivity index (χ4v) is 6.74. The highest BCUT2D eigenvalue weighted by atomic mass is 31.2. The Morgan fingerprint density at radius 3 is 2.49 bits per heavy atom. The summed E-state index contributed by atoms with van der Waals surface area (Å²) in [7, 11) is -3.19. The zero-order valence-electron chi connectivity index (χ0n) is 21.2. The molecule has 2 fully saturated rings. The molecule has 10 nitrogen and oxygen atoms in total. The van der Waals surface area contributed by atoms with Crippen molar-refractivity contribution >= 4 is 41.7 Å². The molecule has 2 aliphatic rings. The van der Waals surface area contributed by atoms with Crippen LogP contribution in [0.15, 0.2) is 45.6 Å². The Morgan fingerprint density at radius 2 is 1.82 bits per heavy atom. The maximum absolute atomic E-state index is 15.1. The first-order valence-electron chi connectivity index (χ1n) is 12.3. The fourth-order valence-electron chi connectivity index (χ4n) is 4.75. The standard InChI is InChI=1S/C26H26F2N3O7P/c1-15-9-24(33)37-23-12-18(3-4-20(15)23)38-39(35)7-5-30(6-8-39)25-21(27)10-17(11-22(25)28)31-14-19(36-26(31)34)13-29-16(2)32/h3-4,9-12,19H,5-8,13-14H2,1-2H3,(H,29,32)/t19-/m0/s1. The molecule has 2 aliphatic heterocycles. The maximum atomic E-state index is 15.1. The van der Waals surface area contributed by atoms with Gasteiger partial charge < -0.3 is 23.9 Å². The van der Waals surface area contributed by atoms with Crippen molar-refractivity contribution in [1.29, 1.82) is 0 Å². The van der Waals surface area contributed by atoms with E-state index in [9.17, 15) is 18.9 Å². The molecule has 0 radical (unpaired) electrons. The number of anilines is 2. The highest BCUT2D eigenvalue weighted by Gasteiger charge is 2.36. The summed E-state index contributed by atoms with van der Waals surface area (Å²) in [6.07, 6.45) is -1.32. The Kier molecular flexibility index (Phi) is 7.07. The molecule has 0 spiro atoms. The van der Waals surface area contributed by atoms with Crippen molar-refractivity contribution in [2.24, 2.45) is 0 Å². The highest BCUT2D eigenvalue weighted by Crippen LogP contribution is 2.50. The molecule has 1 N–H and O–H groups in total. The second kappa shape index (κ2) is 10.3. The van der Waals surface area contributed by atoms with Gasteiger partial charge in [0.1, 0.15) is 23.1 Å². The first-order chi connectivity index (χ1) is 18.5. The van der Waals surface area contributed by atoms with Crippen LogP contribution in [0.4, 0.5) is 25.0 Å². The molecule has 0 aliphatic carbocycles. The Hall–Kier alpha value is -3.92. The van der Waals surface area contributed by atoms with Gasteiger partial charge in [-0.1, -0.05) is 0 Å². The number of benzene rings is 2. The number of hydrogen-bond donors (Lipinski definition) is 1. The van der Waals surface area contributed by atoms with E-state index in [1.165, 1.54) is 24.0 Å². The van der Waals surface area contributed by atoms with Crippen LogP contribution in [0.2, 0.25) is 0 Å². The molecular weight excluding hydrogens is 535 g/mol. The lowest BCUT2D eigenvalue weighted by Gasteiger charge is -2.34. The summed E-state index contributed by atoms with van der Waals surface area (Å²) < 4.78 is 59.8. The van der Waals surface area contributed by atoms with Crippen molar-refractivity contribution in [2.45, 2.75) is 20.0 Å². The molecule has 2 aromatic carbocycles. The Balaban J connectivity index is 1.27. The summed E-state index contributed by atoms with van der Waals surface area (Å²) >= 11 is 0. The molecule has 3 heterocycles. The van der Waals surface area contributed by atoms with Crippen LogP contribution < -0.4 is 25.3 Å². The number of hydrogen-bond acceptors (Lipinski definition) is 8. The monoisotopic (exact) mass is 561 g/mol. The number of amides is 2. The van der Waals surface area contributed by atoms with Gasteiger partial charge in [-0.15, -0.1) is 0 Å². The number of rotatable bonds is 6. The van der Waals surface area contributed by atoms with E-state index in [-0.39, 0.29) is 61.5 Å². The van der Waals surface area contributed by atoms with Crippen LogP contribution in [0.5, 0.6) is 5.75 Å². The van der Waals surface area contributed by atoms with Gasteiger partial charge in [0.2, 0.25) is 5.91 Å². The Bertz CT molecular complexity index is 1540. The van der Waals surface area contributed by atoms with Gasteiger partial charge in [0.05, 0.1) is 31.1 Å². The molecule has 0 bridgehead atoms. The number of cyclic esters (lactones) is 1. The zero-order chi connectivity index (χ0) is 27.9. The van der Waals surface area contributed by atoms with Gasteiger partial charge in [0.15, 0.2) is 11.6 Å². The van der Waals surface area contributed by atoms with E-state index in [2.05, 4.69) is 5.32 Å². The van der Waals surface area contributed by atoms with Crippen molar-refractivity contribution in [3.63, 3.8) is 0 Å². The molecule has 2 saturated heterocycles. The van der Waals surface area contributed by atoms with Crippen LogP contribution in [-0.4, -0.2) is 56.6 Å². The minimum Gasteiger partial charge on any atom is -0.443 e. The Labute approximate surface area is 221 Å². The van der Waals surface area contributed by atoms with Crippen LogP contribution >= 0.6 is 7.37 Å². The zero-order valence-corrected chi connectivity index (χ0v) is 22.1. The minimum absolute atomic E-state index is 0.00622. The molecule has 2 amide bonds.